The van der Waals surface area contributed by atoms with Gasteiger partial charge in [-0.25, -0.2) is 13.4 Å². The number of aromatic nitrogens is 1. The fourth-order valence-corrected chi connectivity index (χ4v) is 5.54. The third kappa shape index (κ3) is 5.20. The summed E-state index contributed by atoms with van der Waals surface area (Å²) < 4.78 is 27.6. The van der Waals surface area contributed by atoms with Crippen LogP contribution < -0.4 is 5.32 Å². The number of para-hydroxylation sites is 1. The minimum atomic E-state index is -3.49. The predicted octanol–water partition coefficient (Wildman–Crippen LogP) is 4.29. The highest BCUT2D eigenvalue weighted by molar-refractivity contribution is 7.89. The second-order valence-electron chi connectivity index (χ2n) is 6.59. The highest BCUT2D eigenvalue weighted by Gasteiger charge is 2.21. The van der Waals surface area contributed by atoms with Crippen molar-refractivity contribution in [2.45, 2.75) is 38.0 Å². The van der Waals surface area contributed by atoms with Crippen molar-refractivity contribution in [2.24, 2.45) is 0 Å². The number of nitrogens with one attached hydrogen (secondary N) is 1. The Labute approximate surface area is 175 Å². The second-order valence-corrected chi connectivity index (χ2v) is 9.64. The van der Waals surface area contributed by atoms with Crippen LogP contribution in [0.25, 0.3) is 10.2 Å². The second kappa shape index (κ2) is 9.47. The van der Waals surface area contributed by atoms with Crippen LogP contribution in [0, 0.1) is 0 Å². The van der Waals surface area contributed by atoms with Crippen LogP contribution in [-0.2, 0) is 21.2 Å². The molecule has 0 spiro atoms. The normalized spacial score (nSPS) is 11.8. The molecular formula is C21H25N3O3S2. The maximum absolute atomic E-state index is 12.5. The molecule has 0 saturated heterocycles. The first-order valence-corrected chi connectivity index (χ1v) is 11.9. The lowest BCUT2D eigenvalue weighted by molar-refractivity contribution is -0.116. The number of nitrogens with zero attached hydrogens (tertiary/aromatic N) is 2. The van der Waals surface area contributed by atoms with Crippen LogP contribution in [-0.4, -0.2) is 36.7 Å². The lowest BCUT2D eigenvalue weighted by Gasteiger charge is -2.18. The molecule has 2 aromatic carbocycles. The number of fused-ring (bicyclic) bond motifs is 1. The Hall–Kier alpha value is -2.29. The number of carbonyl (C=O) groups is 1. The molecular weight excluding hydrogens is 406 g/mol. The summed E-state index contributed by atoms with van der Waals surface area (Å²) in [6.07, 6.45) is 1.85. The molecule has 0 radical (unpaired) electrons. The largest absolute Gasteiger partial charge is 0.326 e. The minimum Gasteiger partial charge on any atom is -0.326 e. The van der Waals surface area contributed by atoms with Gasteiger partial charge in [-0.15, -0.1) is 11.3 Å². The standard InChI is InChI=1S/C21H25N3O3S2/c1-3-24(4-2)29(26,27)17-14-12-16(13-15-17)22-20(25)10-7-11-21-23-18-8-5-6-9-19(18)28-21/h5-6,8-9,12-15H,3-4,7,10-11H2,1-2H3,(H,22,25). The zero-order valence-electron chi connectivity index (χ0n) is 16.6. The topological polar surface area (TPSA) is 79.4 Å². The molecule has 1 aromatic heterocycles. The summed E-state index contributed by atoms with van der Waals surface area (Å²) in [5.41, 5.74) is 1.59. The quantitative estimate of drug-likeness (QED) is 0.548. The molecule has 0 bridgehead atoms. The zero-order valence-corrected chi connectivity index (χ0v) is 18.2. The summed E-state index contributed by atoms with van der Waals surface area (Å²) in [4.78, 5) is 17.0. The van der Waals surface area contributed by atoms with Gasteiger partial charge in [0, 0.05) is 25.2 Å². The van der Waals surface area contributed by atoms with Crippen molar-refractivity contribution in [1.82, 2.24) is 9.29 Å². The van der Waals surface area contributed by atoms with Gasteiger partial charge < -0.3 is 5.32 Å². The highest BCUT2D eigenvalue weighted by atomic mass is 32.2. The molecule has 154 valence electrons. The lowest BCUT2D eigenvalue weighted by atomic mass is 10.2. The van der Waals surface area contributed by atoms with Crippen molar-refractivity contribution < 1.29 is 13.2 Å². The average molecular weight is 432 g/mol. The molecule has 6 nitrogen and oxygen atoms in total. The number of benzene rings is 2. The van der Waals surface area contributed by atoms with Crippen molar-refractivity contribution in [1.29, 1.82) is 0 Å². The van der Waals surface area contributed by atoms with Crippen LogP contribution in [0.1, 0.15) is 31.7 Å². The Bertz CT molecular complexity index is 1040. The van der Waals surface area contributed by atoms with Gasteiger partial charge in [-0.1, -0.05) is 26.0 Å². The summed E-state index contributed by atoms with van der Waals surface area (Å²) >= 11 is 1.66. The Morgan fingerprint density at radius 2 is 1.76 bits per heavy atom. The number of hydrogen-bond donors (Lipinski definition) is 1. The molecule has 8 heteroatoms. The van der Waals surface area contributed by atoms with Gasteiger partial charge in [0.15, 0.2) is 0 Å². The van der Waals surface area contributed by atoms with Crippen LogP contribution in [0.3, 0.4) is 0 Å². The molecule has 0 fully saturated rings. The van der Waals surface area contributed by atoms with E-state index in [-0.39, 0.29) is 10.8 Å². The van der Waals surface area contributed by atoms with Gasteiger partial charge in [0.2, 0.25) is 15.9 Å². The molecule has 0 aliphatic rings. The molecule has 0 aliphatic carbocycles. The maximum Gasteiger partial charge on any atom is 0.243 e. The Morgan fingerprint density at radius 1 is 1.07 bits per heavy atom. The number of anilines is 1. The SMILES string of the molecule is CCN(CC)S(=O)(=O)c1ccc(NC(=O)CCCc2nc3ccccc3s2)cc1. The molecule has 0 saturated carbocycles. The number of amides is 1. The van der Waals surface area contributed by atoms with Gasteiger partial charge in [-0.2, -0.15) is 4.31 Å². The number of hydrogen-bond acceptors (Lipinski definition) is 5. The first-order valence-electron chi connectivity index (χ1n) is 9.68. The van der Waals surface area contributed by atoms with Crippen LogP contribution in [0.4, 0.5) is 5.69 Å². The Kier molecular flexibility index (Phi) is 7.00. The van der Waals surface area contributed by atoms with Gasteiger partial charge in [0.1, 0.15) is 0 Å². The lowest BCUT2D eigenvalue weighted by Crippen LogP contribution is -2.30. The summed E-state index contributed by atoms with van der Waals surface area (Å²) in [5.74, 6) is -0.0922. The van der Waals surface area contributed by atoms with Crippen LogP contribution in [0.15, 0.2) is 53.4 Å². The van der Waals surface area contributed by atoms with E-state index in [1.165, 1.54) is 16.4 Å². The van der Waals surface area contributed by atoms with E-state index in [1.54, 1.807) is 23.5 Å². The van der Waals surface area contributed by atoms with Crippen LogP contribution in [0.5, 0.6) is 0 Å². The predicted molar refractivity (Wildman–Crippen MR) is 118 cm³/mol. The fraction of sp³-hybridized carbons (Fsp3) is 0.333. The number of aryl methyl sites for hydroxylation is 1. The van der Waals surface area contributed by atoms with Crippen molar-refractivity contribution in [3.63, 3.8) is 0 Å². The van der Waals surface area contributed by atoms with Gasteiger partial charge in [0.25, 0.3) is 0 Å². The van der Waals surface area contributed by atoms with E-state index in [4.69, 9.17) is 0 Å². The van der Waals surface area contributed by atoms with E-state index in [9.17, 15) is 13.2 Å². The van der Waals surface area contributed by atoms with Crippen molar-refractivity contribution in [2.75, 3.05) is 18.4 Å². The van der Waals surface area contributed by atoms with Crippen molar-refractivity contribution in [3.05, 3.63) is 53.5 Å². The number of thiazole rings is 1. The summed E-state index contributed by atoms with van der Waals surface area (Å²) in [5, 5.41) is 3.86. The molecule has 29 heavy (non-hydrogen) atoms. The van der Waals surface area contributed by atoms with E-state index in [0.29, 0.717) is 31.6 Å². The summed E-state index contributed by atoms with van der Waals surface area (Å²) in [7, 11) is -3.49. The zero-order chi connectivity index (χ0) is 20.9. The first-order chi connectivity index (χ1) is 13.9. The van der Waals surface area contributed by atoms with Gasteiger partial charge >= 0.3 is 0 Å². The number of rotatable bonds is 9. The molecule has 3 rings (SSSR count). The smallest absolute Gasteiger partial charge is 0.243 e. The number of sulfonamides is 1. The molecule has 0 aliphatic heterocycles. The minimum absolute atomic E-state index is 0.0922. The van der Waals surface area contributed by atoms with Crippen LogP contribution >= 0.6 is 11.3 Å². The van der Waals surface area contributed by atoms with Crippen LogP contribution in [0.2, 0.25) is 0 Å². The monoisotopic (exact) mass is 431 g/mol. The van der Waals surface area contributed by atoms with Gasteiger partial charge in [0.05, 0.1) is 20.1 Å². The number of carbonyl (C=O) groups excluding carboxylic acids is 1. The van der Waals surface area contributed by atoms with E-state index < -0.39 is 10.0 Å². The van der Waals surface area contributed by atoms with E-state index in [2.05, 4.69) is 10.3 Å². The summed E-state index contributed by atoms with van der Waals surface area (Å²) in [6.45, 7) is 4.46. The first kappa shape index (κ1) is 21.4. The average Bonchev–Trinajstić information content (AvgIpc) is 3.12. The van der Waals surface area contributed by atoms with E-state index in [1.807, 2.05) is 38.1 Å². The third-order valence-electron chi connectivity index (χ3n) is 4.61. The highest BCUT2D eigenvalue weighted by Crippen LogP contribution is 2.23. The molecule has 3 aromatic rings. The molecule has 1 amide bonds. The Morgan fingerprint density at radius 3 is 2.41 bits per heavy atom. The van der Waals surface area contributed by atoms with E-state index >= 15 is 0 Å². The van der Waals surface area contributed by atoms with Gasteiger partial charge in [-0.3, -0.25) is 4.79 Å². The molecule has 1 N–H and O–H groups in total. The molecule has 0 atom stereocenters. The summed E-state index contributed by atoms with van der Waals surface area (Å²) in [6, 6.07) is 14.3. The molecule has 1 heterocycles. The maximum atomic E-state index is 12.5. The Balaban J connectivity index is 1.52. The van der Waals surface area contributed by atoms with Crippen molar-refractivity contribution in [3.8, 4) is 0 Å². The van der Waals surface area contributed by atoms with E-state index in [0.717, 1.165) is 21.6 Å². The molecule has 0 unspecified atom stereocenters. The van der Waals surface area contributed by atoms with Gasteiger partial charge in [-0.05, 0) is 49.2 Å². The fourth-order valence-electron chi connectivity index (χ4n) is 3.07. The van der Waals surface area contributed by atoms with Crippen molar-refractivity contribution >= 4 is 43.2 Å². The third-order valence-corrected chi connectivity index (χ3v) is 7.77.